The summed E-state index contributed by atoms with van der Waals surface area (Å²) < 4.78 is 0. The number of rotatable bonds is 4. The van der Waals surface area contributed by atoms with E-state index in [1.807, 2.05) is 29.2 Å². The number of likely N-dealkylation sites (N-methyl/N-ethyl adjacent to an activating group) is 1. The molecule has 1 saturated carbocycles. The second kappa shape index (κ2) is 6.08. The molecule has 1 aliphatic heterocycles. The molecule has 2 atom stereocenters. The Morgan fingerprint density at radius 1 is 1.23 bits per heavy atom. The van der Waals surface area contributed by atoms with E-state index < -0.39 is 5.97 Å². The largest absolute Gasteiger partial charge is 0.481 e. The van der Waals surface area contributed by atoms with E-state index in [1.165, 1.54) is 0 Å². The second-order valence-electron chi connectivity index (χ2n) is 6.39. The molecule has 1 N–H and O–H groups in total. The Bertz CT molecular complexity index is 579. The molecule has 0 radical (unpaired) electrons. The van der Waals surface area contributed by atoms with Crippen molar-refractivity contribution in [2.24, 2.45) is 5.92 Å². The summed E-state index contributed by atoms with van der Waals surface area (Å²) in [6.07, 6.45) is 1.12. The van der Waals surface area contributed by atoms with Gasteiger partial charge in [-0.05, 0) is 30.5 Å². The molecule has 5 heteroatoms. The fourth-order valence-electron chi connectivity index (χ4n) is 3.11. The first-order chi connectivity index (χ1) is 10.5. The van der Waals surface area contributed by atoms with Crippen molar-refractivity contribution in [1.29, 1.82) is 0 Å². The van der Waals surface area contributed by atoms with E-state index in [-0.39, 0.29) is 17.7 Å². The lowest BCUT2D eigenvalue weighted by molar-refractivity contribution is -0.138. The van der Waals surface area contributed by atoms with Crippen LogP contribution in [0.2, 0.25) is 0 Å². The van der Waals surface area contributed by atoms with Crippen molar-refractivity contribution in [1.82, 2.24) is 9.80 Å². The molecule has 0 spiro atoms. The zero-order valence-electron chi connectivity index (χ0n) is 12.9. The third-order valence-electron chi connectivity index (χ3n) is 4.70. The first-order valence-corrected chi connectivity index (χ1v) is 7.82. The highest BCUT2D eigenvalue weighted by atomic mass is 16.4. The first-order valence-electron chi connectivity index (χ1n) is 7.82. The molecule has 1 amide bonds. The van der Waals surface area contributed by atoms with Gasteiger partial charge >= 0.3 is 5.97 Å². The number of nitrogens with zero attached hydrogens (tertiary/aromatic N) is 2. The first kappa shape index (κ1) is 15.0. The molecular formula is C17H22N2O3. The van der Waals surface area contributed by atoms with Gasteiger partial charge in [-0.2, -0.15) is 0 Å². The van der Waals surface area contributed by atoms with E-state index in [4.69, 9.17) is 5.11 Å². The number of carbonyl (C=O) groups excluding carboxylic acids is 1. The van der Waals surface area contributed by atoms with Crippen LogP contribution in [0.25, 0.3) is 0 Å². The Morgan fingerprint density at radius 3 is 2.59 bits per heavy atom. The van der Waals surface area contributed by atoms with Crippen LogP contribution in [0.15, 0.2) is 24.3 Å². The summed E-state index contributed by atoms with van der Waals surface area (Å²) >= 11 is 0. The molecule has 0 bridgehead atoms. The number of hydrogen-bond acceptors (Lipinski definition) is 3. The fourth-order valence-corrected chi connectivity index (χ4v) is 3.11. The number of amides is 1. The van der Waals surface area contributed by atoms with Gasteiger partial charge in [0.15, 0.2) is 0 Å². The molecule has 5 nitrogen and oxygen atoms in total. The van der Waals surface area contributed by atoms with Crippen molar-refractivity contribution in [3.05, 3.63) is 35.4 Å². The van der Waals surface area contributed by atoms with Crippen LogP contribution < -0.4 is 0 Å². The lowest BCUT2D eigenvalue weighted by Crippen LogP contribution is -2.47. The number of carboxylic acid groups (broad SMARTS) is 1. The minimum absolute atomic E-state index is 0.121. The standard InChI is InChI=1S/C17H22N2O3/c1-18-5-7-19(8-6-18)16(20)10-12-3-2-4-13(9-12)14-11-15(14)17(21)22/h2-4,9,14-15H,5-8,10-11H2,1H3,(H,21,22). The molecule has 2 aliphatic rings. The molecule has 1 aliphatic carbocycles. The Morgan fingerprint density at radius 2 is 1.95 bits per heavy atom. The van der Waals surface area contributed by atoms with Crippen molar-refractivity contribution < 1.29 is 14.7 Å². The highest BCUT2D eigenvalue weighted by molar-refractivity contribution is 5.79. The molecule has 2 unspecified atom stereocenters. The predicted molar refractivity (Wildman–Crippen MR) is 82.7 cm³/mol. The number of benzene rings is 1. The Kier molecular flexibility index (Phi) is 4.16. The maximum absolute atomic E-state index is 12.4. The SMILES string of the molecule is CN1CCN(C(=O)Cc2cccc(C3CC3C(=O)O)c2)CC1. The van der Waals surface area contributed by atoms with Crippen LogP contribution in [-0.4, -0.2) is 60.0 Å². The van der Waals surface area contributed by atoms with E-state index >= 15 is 0 Å². The van der Waals surface area contributed by atoms with Crippen LogP contribution >= 0.6 is 0 Å². The van der Waals surface area contributed by atoms with Gasteiger partial charge in [0, 0.05) is 26.2 Å². The average Bonchev–Trinajstić information content (AvgIpc) is 3.29. The molecule has 0 aromatic heterocycles. The highest BCUT2D eigenvalue weighted by Gasteiger charge is 2.44. The number of piperazine rings is 1. The van der Waals surface area contributed by atoms with Crippen LogP contribution in [0.4, 0.5) is 0 Å². The Labute approximate surface area is 130 Å². The normalized spacial score (nSPS) is 25.0. The van der Waals surface area contributed by atoms with E-state index in [1.54, 1.807) is 0 Å². The molecule has 1 aromatic rings. The number of carboxylic acids is 1. The Balaban J connectivity index is 1.61. The Hall–Kier alpha value is -1.88. The fraction of sp³-hybridized carbons (Fsp3) is 0.529. The lowest BCUT2D eigenvalue weighted by atomic mass is 10.0. The molecule has 2 fully saturated rings. The molecule has 22 heavy (non-hydrogen) atoms. The summed E-state index contributed by atoms with van der Waals surface area (Å²) in [6.45, 7) is 3.43. The van der Waals surface area contributed by atoms with Gasteiger partial charge in [0.1, 0.15) is 0 Å². The molecule has 3 rings (SSSR count). The minimum Gasteiger partial charge on any atom is -0.481 e. The smallest absolute Gasteiger partial charge is 0.307 e. The maximum Gasteiger partial charge on any atom is 0.307 e. The van der Waals surface area contributed by atoms with Crippen LogP contribution in [0.1, 0.15) is 23.5 Å². The van der Waals surface area contributed by atoms with Crippen LogP contribution in [0.5, 0.6) is 0 Å². The third kappa shape index (κ3) is 3.30. The molecule has 1 aromatic carbocycles. The molecule has 1 saturated heterocycles. The number of aliphatic carboxylic acids is 1. The van der Waals surface area contributed by atoms with Crippen molar-refractivity contribution in [2.75, 3.05) is 33.2 Å². The van der Waals surface area contributed by atoms with E-state index in [2.05, 4.69) is 11.9 Å². The van der Waals surface area contributed by atoms with Crippen molar-refractivity contribution >= 4 is 11.9 Å². The van der Waals surface area contributed by atoms with Crippen molar-refractivity contribution in [3.63, 3.8) is 0 Å². The van der Waals surface area contributed by atoms with Gasteiger partial charge in [0.25, 0.3) is 0 Å². The van der Waals surface area contributed by atoms with E-state index in [0.717, 1.165) is 37.3 Å². The number of hydrogen-bond donors (Lipinski definition) is 1. The van der Waals surface area contributed by atoms with Crippen molar-refractivity contribution in [2.45, 2.75) is 18.8 Å². The zero-order valence-corrected chi connectivity index (χ0v) is 12.9. The minimum atomic E-state index is -0.719. The summed E-state index contributed by atoms with van der Waals surface area (Å²) in [7, 11) is 2.07. The molecular weight excluding hydrogens is 280 g/mol. The van der Waals surface area contributed by atoms with Crippen LogP contribution in [-0.2, 0) is 16.0 Å². The molecule has 1 heterocycles. The maximum atomic E-state index is 12.4. The zero-order chi connectivity index (χ0) is 15.7. The topological polar surface area (TPSA) is 60.9 Å². The van der Waals surface area contributed by atoms with Gasteiger partial charge in [0.05, 0.1) is 12.3 Å². The third-order valence-corrected chi connectivity index (χ3v) is 4.70. The van der Waals surface area contributed by atoms with Crippen LogP contribution in [0, 0.1) is 5.92 Å². The van der Waals surface area contributed by atoms with E-state index in [0.29, 0.717) is 12.8 Å². The van der Waals surface area contributed by atoms with Gasteiger partial charge in [0.2, 0.25) is 5.91 Å². The quantitative estimate of drug-likeness (QED) is 0.907. The summed E-state index contributed by atoms with van der Waals surface area (Å²) in [5.41, 5.74) is 2.04. The molecule has 118 valence electrons. The van der Waals surface area contributed by atoms with Gasteiger partial charge in [-0.25, -0.2) is 0 Å². The highest BCUT2D eigenvalue weighted by Crippen LogP contribution is 2.47. The lowest BCUT2D eigenvalue weighted by Gasteiger charge is -2.32. The summed E-state index contributed by atoms with van der Waals surface area (Å²) in [5.74, 6) is -0.681. The van der Waals surface area contributed by atoms with E-state index in [9.17, 15) is 9.59 Å². The summed E-state index contributed by atoms with van der Waals surface area (Å²) in [6, 6.07) is 7.85. The second-order valence-corrected chi connectivity index (χ2v) is 6.39. The van der Waals surface area contributed by atoms with Gasteiger partial charge in [-0.1, -0.05) is 24.3 Å². The van der Waals surface area contributed by atoms with Gasteiger partial charge in [-0.15, -0.1) is 0 Å². The summed E-state index contributed by atoms with van der Waals surface area (Å²) in [5, 5.41) is 9.03. The van der Waals surface area contributed by atoms with Crippen molar-refractivity contribution in [3.8, 4) is 0 Å². The van der Waals surface area contributed by atoms with Crippen LogP contribution in [0.3, 0.4) is 0 Å². The number of carbonyl (C=O) groups is 2. The predicted octanol–water partition coefficient (Wildman–Crippen LogP) is 1.19. The van der Waals surface area contributed by atoms with Gasteiger partial charge < -0.3 is 14.9 Å². The average molecular weight is 302 g/mol. The monoisotopic (exact) mass is 302 g/mol. The van der Waals surface area contributed by atoms with Gasteiger partial charge in [-0.3, -0.25) is 9.59 Å². The summed E-state index contributed by atoms with van der Waals surface area (Å²) in [4.78, 5) is 27.5.